The van der Waals surface area contributed by atoms with E-state index in [4.69, 9.17) is 0 Å². The van der Waals surface area contributed by atoms with Crippen LogP contribution >= 0.6 is 0 Å². The summed E-state index contributed by atoms with van der Waals surface area (Å²) in [4.78, 5) is 0. The largest absolute Gasteiger partial charge is 0.383 e. The van der Waals surface area contributed by atoms with Gasteiger partial charge in [0, 0.05) is 17.6 Å². The monoisotopic (exact) mass is 478 g/mol. The third-order valence-corrected chi connectivity index (χ3v) is 9.39. The zero-order valence-corrected chi connectivity index (χ0v) is 23.7. The van der Waals surface area contributed by atoms with Gasteiger partial charge in [-0.1, -0.05) is 104 Å². The zero-order chi connectivity index (χ0) is 25.3. The quantitative estimate of drug-likeness (QED) is 0.267. The summed E-state index contributed by atoms with van der Waals surface area (Å²) >= 11 is 0. The number of anilines is 1. The van der Waals surface area contributed by atoms with E-state index in [1.165, 1.54) is 49.9 Å². The van der Waals surface area contributed by atoms with Gasteiger partial charge in [0.2, 0.25) is 0 Å². The second kappa shape index (κ2) is 10.0. The number of rotatable bonds is 7. The Balaban J connectivity index is 2.23. The SMILES string of the molecule is CC1=C(C)C(C)C(C(c2ccccc2)(c2ccccc2)c2cccc([Si](C)C)c2NC(C)C)=C1C. The highest BCUT2D eigenvalue weighted by atomic mass is 28.3. The van der Waals surface area contributed by atoms with Crippen molar-refractivity contribution in [2.24, 2.45) is 5.92 Å². The maximum Gasteiger partial charge on any atom is 0.0819 e. The summed E-state index contributed by atoms with van der Waals surface area (Å²) in [6.45, 7) is 18.7. The van der Waals surface area contributed by atoms with Gasteiger partial charge in [-0.05, 0) is 73.2 Å². The van der Waals surface area contributed by atoms with Crippen molar-refractivity contribution in [1.29, 1.82) is 0 Å². The molecule has 0 saturated carbocycles. The lowest BCUT2D eigenvalue weighted by Crippen LogP contribution is -2.39. The van der Waals surface area contributed by atoms with Crippen LogP contribution in [0.15, 0.2) is 101 Å². The van der Waals surface area contributed by atoms with Crippen LogP contribution in [0.3, 0.4) is 0 Å². The molecule has 181 valence electrons. The average Bonchev–Trinajstić information content (AvgIpc) is 3.04. The lowest BCUT2D eigenvalue weighted by molar-refractivity contribution is 0.626. The molecule has 35 heavy (non-hydrogen) atoms. The van der Waals surface area contributed by atoms with Gasteiger partial charge in [-0.15, -0.1) is 0 Å². The van der Waals surface area contributed by atoms with E-state index < -0.39 is 14.2 Å². The lowest BCUT2D eigenvalue weighted by Gasteiger charge is -2.42. The topological polar surface area (TPSA) is 12.0 Å². The fraction of sp³-hybridized carbons (Fsp3) is 0.333. The molecule has 1 unspecified atom stereocenters. The van der Waals surface area contributed by atoms with Gasteiger partial charge in [0.25, 0.3) is 0 Å². The second-order valence-electron chi connectivity index (χ2n) is 10.6. The van der Waals surface area contributed by atoms with Gasteiger partial charge in [0.1, 0.15) is 0 Å². The minimum atomic E-state index is -0.691. The fourth-order valence-corrected chi connectivity index (χ4v) is 7.14. The highest BCUT2D eigenvalue weighted by Crippen LogP contribution is 2.55. The molecule has 1 aliphatic carbocycles. The van der Waals surface area contributed by atoms with Gasteiger partial charge in [0.05, 0.1) is 14.2 Å². The molecular formula is C33H40NSi. The van der Waals surface area contributed by atoms with Crippen molar-refractivity contribution < 1.29 is 0 Å². The number of hydrogen-bond donors (Lipinski definition) is 1. The van der Waals surface area contributed by atoms with Gasteiger partial charge in [0.15, 0.2) is 0 Å². The Morgan fingerprint density at radius 3 is 1.71 bits per heavy atom. The van der Waals surface area contributed by atoms with E-state index >= 15 is 0 Å². The Kier molecular flexibility index (Phi) is 7.24. The summed E-state index contributed by atoms with van der Waals surface area (Å²) in [6, 6.07) is 29.8. The normalized spacial score (nSPS) is 16.6. The van der Waals surface area contributed by atoms with Crippen LogP contribution in [0.1, 0.15) is 58.2 Å². The molecule has 1 nitrogen and oxygen atoms in total. The minimum absolute atomic E-state index is 0.346. The molecule has 0 aromatic heterocycles. The van der Waals surface area contributed by atoms with Crippen LogP contribution in [0.2, 0.25) is 13.1 Å². The summed E-state index contributed by atoms with van der Waals surface area (Å²) in [6.07, 6.45) is 0. The lowest BCUT2D eigenvalue weighted by atomic mass is 9.61. The first kappa shape index (κ1) is 25.3. The molecule has 1 radical (unpaired) electrons. The van der Waals surface area contributed by atoms with E-state index in [9.17, 15) is 0 Å². The summed E-state index contributed by atoms with van der Waals surface area (Å²) in [5.41, 5.74) is 10.8. The first-order chi connectivity index (χ1) is 16.7. The third-order valence-electron chi connectivity index (χ3n) is 7.90. The second-order valence-corrected chi connectivity index (χ2v) is 13.1. The number of benzene rings is 3. The van der Waals surface area contributed by atoms with E-state index in [1.54, 1.807) is 0 Å². The van der Waals surface area contributed by atoms with Crippen molar-refractivity contribution in [2.75, 3.05) is 5.32 Å². The molecule has 4 rings (SSSR count). The van der Waals surface area contributed by atoms with Crippen molar-refractivity contribution in [3.8, 4) is 0 Å². The molecule has 1 aliphatic rings. The highest BCUT2D eigenvalue weighted by Gasteiger charge is 2.47. The van der Waals surface area contributed by atoms with E-state index in [0.29, 0.717) is 12.0 Å². The Hall–Kier alpha value is -2.84. The Bertz CT molecular complexity index is 1210. The first-order valence-corrected chi connectivity index (χ1v) is 15.4. The fourth-order valence-electron chi connectivity index (χ4n) is 6.01. The summed E-state index contributed by atoms with van der Waals surface area (Å²) < 4.78 is 0. The van der Waals surface area contributed by atoms with Crippen LogP contribution in [0, 0.1) is 5.92 Å². The molecule has 3 aromatic rings. The van der Waals surface area contributed by atoms with Crippen LogP contribution in [0.4, 0.5) is 5.69 Å². The maximum atomic E-state index is 3.93. The summed E-state index contributed by atoms with van der Waals surface area (Å²) in [5.74, 6) is 0.360. The summed E-state index contributed by atoms with van der Waals surface area (Å²) in [7, 11) is -0.691. The molecule has 0 heterocycles. The van der Waals surface area contributed by atoms with Crippen molar-refractivity contribution in [3.05, 3.63) is 118 Å². The molecule has 0 amide bonds. The van der Waals surface area contributed by atoms with E-state index in [2.05, 4.69) is 139 Å². The van der Waals surface area contributed by atoms with Crippen LogP contribution < -0.4 is 10.5 Å². The van der Waals surface area contributed by atoms with Gasteiger partial charge < -0.3 is 5.32 Å². The van der Waals surface area contributed by atoms with Crippen LogP contribution in [0.5, 0.6) is 0 Å². The van der Waals surface area contributed by atoms with Crippen LogP contribution in [0.25, 0.3) is 0 Å². The van der Waals surface area contributed by atoms with E-state index in [1.807, 2.05) is 0 Å². The minimum Gasteiger partial charge on any atom is -0.383 e. The predicted octanol–water partition coefficient (Wildman–Crippen LogP) is 8.11. The standard InChI is InChI=1S/C33H40NSi/c1-22(2)34-32-29(20-15-21-30(32)35(7)8)33(27-16-11-9-12-17-27,28-18-13-10-14-19-28)31-25(5)23(3)24(4)26(31)6/h9-22,25,34H,1-8H3. The number of allylic oxidation sites excluding steroid dienone is 4. The summed E-state index contributed by atoms with van der Waals surface area (Å²) in [5, 5.41) is 5.41. The Labute approximate surface area is 214 Å². The van der Waals surface area contributed by atoms with Gasteiger partial charge in [-0.2, -0.15) is 0 Å². The predicted molar refractivity (Wildman–Crippen MR) is 155 cm³/mol. The molecule has 3 aromatic carbocycles. The number of para-hydroxylation sites is 1. The van der Waals surface area contributed by atoms with Crippen LogP contribution in [-0.2, 0) is 5.41 Å². The third kappa shape index (κ3) is 4.23. The molecule has 0 aliphatic heterocycles. The number of nitrogens with one attached hydrogen (secondary N) is 1. The van der Waals surface area contributed by atoms with Gasteiger partial charge in [-0.25, -0.2) is 0 Å². The molecular weight excluding hydrogens is 438 g/mol. The highest BCUT2D eigenvalue weighted by molar-refractivity contribution is 6.72. The molecule has 0 saturated heterocycles. The number of hydrogen-bond acceptors (Lipinski definition) is 1. The molecule has 0 spiro atoms. The van der Waals surface area contributed by atoms with Crippen molar-refractivity contribution in [3.63, 3.8) is 0 Å². The van der Waals surface area contributed by atoms with Gasteiger partial charge >= 0.3 is 0 Å². The first-order valence-electron chi connectivity index (χ1n) is 12.9. The smallest absolute Gasteiger partial charge is 0.0819 e. The van der Waals surface area contributed by atoms with Gasteiger partial charge in [-0.3, -0.25) is 0 Å². The maximum absolute atomic E-state index is 3.93. The molecule has 1 N–H and O–H groups in total. The molecule has 0 fully saturated rings. The van der Waals surface area contributed by atoms with Crippen LogP contribution in [-0.4, -0.2) is 14.8 Å². The Morgan fingerprint density at radius 2 is 1.29 bits per heavy atom. The van der Waals surface area contributed by atoms with E-state index in [0.717, 1.165) is 0 Å². The van der Waals surface area contributed by atoms with Crippen molar-refractivity contribution in [2.45, 2.75) is 66.1 Å². The van der Waals surface area contributed by atoms with Crippen molar-refractivity contribution >= 4 is 19.7 Å². The average molecular weight is 479 g/mol. The van der Waals surface area contributed by atoms with Crippen molar-refractivity contribution in [1.82, 2.24) is 0 Å². The molecule has 2 heteroatoms. The molecule has 0 bridgehead atoms. The van der Waals surface area contributed by atoms with E-state index in [-0.39, 0.29) is 0 Å². The molecule has 1 atom stereocenters. The zero-order valence-electron chi connectivity index (χ0n) is 22.7. The Morgan fingerprint density at radius 1 is 0.743 bits per heavy atom.